The van der Waals surface area contributed by atoms with Gasteiger partial charge in [0.15, 0.2) is 17.3 Å². The number of rotatable bonds is 19. The molecule has 113 heavy (non-hydrogen) atoms. The number of carboxylic acid groups (broad SMARTS) is 1. The highest BCUT2D eigenvalue weighted by Crippen LogP contribution is 2.37. The van der Waals surface area contributed by atoms with Gasteiger partial charge in [-0.1, -0.05) is 357 Å². The van der Waals surface area contributed by atoms with Crippen molar-refractivity contribution < 1.29 is 38.7 Å². The molecule has 0 saturated carbocycles. The molecule has 0 spiro atoms. The Morgan fingerprint density at radius 1 is 0.407 bits per heavy atom. The fourth-order valence-electron chi connectivity index (χ4n) is 10.0. The molecule has 0 fully saturated rings. The Morgan fingerprint density at radius 2 is 0.743 bits per heavy atom. The quantitative estimate of drug-likeness (QED) is 0.0305. The first kappa shape index (κ1) is 102. The number of halogens is 6. The summed E-state index contributed by atoms with van der Waals surface area (Å²) in [6, 6.07) is 104. The fourth-order valence-corrected chi connectivity index (χ4v) is 11.0. The highest BCUT2D eigenvalue weighted by atomic mass is 79.9. The SMILES string of the molecule is C.C.C.C.C.C.C.Nc1ccc(Cl)cc1.O=C(CBr)c1ccccc1.O=C(CN(C(=O)Cc1ccccc1)c1ccc(Cl)cc1)c1ccccc1.O=C(CNc1ccc(Cl)cc1)c1ccccc1.O=C(Cl)Cc1ccccc1.O=C(O)Cc1ccccc1.O=C1C(c2ccccc2)=C(c2ccccc2)CN1c1ccc(Cl)cc1. The van der Waals surface area contributed by atoms with E-state index in [4.69, 9.17) is 68.8 Å². The second kappa shape index (κ2) is 56.2. The Labute approximate surface area is 703 Å². The fraction of sp³-hybridized carbons (Fsp3) is 0.147. The maximum atomic E-state index is 13.2. The molecule has 1 heterocycles. The zero-order chi connectivity index (χ0) is 75.8. The van der Waals surface area contributed by atoms with Crippen LogP contribution in [0.25, 0.3) is 11.1 Å². The van der Waals surface area contributed by atoms with Crippen molar-refractivity contribution in [2.45, 2.75) is 71.2 Å². The predicted octanol–water partition coefficient (Wildman–Crippen LogP) is 25.7. The van der Waals surface area contributed by atoms with Gasteiger partial charge in [-0.05, 0) is 142 Å². The number of ketones is 3. The van der Waals surface area contributed by atoms with E-state index in [2.05, 4.69) is 33.4 Å². The zero-order valence-corrected chi connectivity index (χ0v) is 62.7. The number of anilines is 4. The van der Waals surface area contributed by atoms with Gasteiger partial charge in [-0.25, -0.2) is 0 Å². The van der Waals surface area contributed by atoms with Gasteiger partial charge in [-0.15, -0.1) is 0 Å². The van der Waals surface area contributed by atoms with Gasteiger partial charge in [0, 0.05) is 66.0 Å². The van der Waals surface area contributed by atoms with Crippen molar-refractivity contribution in [3.8, 4) is 0 Å². The molecule has 1 aliphatic rings. The van der Waals surface area contributed by atoms with Crippen LogP contribution in [0, 0.1) is 0 Å². The van der Waals surface area contributed by atoms with Crippen molar-refractivity contribution in [1.82, 2.24) is 0 Å². The standard InChI is InChI=1S/C22H18ClNO2.C22H16ClNO.C14H12ClNO.C8H7BrO.C8H7ClO.C8H8O2.C6H6ClN.7CH4/c23-19-11-13-20(14-12-19)24(16-21(25)18-9-5-2-6-10-18)22(26)15-17-7-3-1-4-8-17;23-18-11-13-19(14-12-18)24-15-20(16-7-3-1-4-8-16)21(22(24)25)17-9-5-2-6-10-17;15-12-6-8-13(9-7-12)16-10-14(17)11-4-2-1-3-5-11;9-6-8(10)7-4-2-1-3-5-7;2*9-8(10)6-7-4-2-1-3-5-7;7-5-1-3-6(8)4-2-5;;;;;;;/h1-14H,15-16H2;1-14H,15H2;1-9,16H,10H2;2*1-5H,6H2;1-5H,6H2,(H,9,10);1-4H,8H2;7*1H4. The summed E-state index contributed by atoms with van der Waals surface area (Å²) in [6.07, 6.45) is 0.661. The Morgan fingerprint density at radius 3 is 1.13 bits per heavy atom. The number of nitrogens with two attached hydrogens (primary N) is 1. The van der Waals surface area contributed by atoms with Crippen molar-refractivity contribution in [1.29, 1.82) is 0 Å². The van der Waals surface area contributed by atoms with E-state index in [9.17, 15) is 33.6 Å². The number of carbonyl (C=O) groups is 7. The molecule has 12 aromatic rings. The van der Waals surface area contributed by atoms with E-state index in [0.717, 1.165) is 66.6 Å². The maximum Gasteiger partial charge on any atom is 0.307 e. The zero-order valence-electron chi connectivity index (χ0n) is 57.3. The smallest absolute Gasteiger partial charge is 0.307 e. The molecule has 12 nitrogen and oxygen atoms in total. The van der Waals surface area contributed by atoms with Gasteiger partial charge in [0.1, 0.15) is 0 Å². The van der Waals surface area contributed by atoms with Crippen molar-refractivity contribution in [2.24, 2.45) is 0 Å². The van der Waals surface area contributed by atoms with Gasteiger partial charge in [-0.2, -0.15) is 0 Å². The number of Topliss-reactive ketones (excluding diaryl/α,β-unsaturated/α-hetero) is 3. The van der Waals surface area contributed by atoms with E-state index in [1.54, 1.807) is 89.8 Å². The molecule has 592 valence electrons. The predicted molar refractivity (Wildman–Crippen MR) is 485 cm³/mol. The number of hydrogen-bond acceptors (Lipinski definition) is 9. The molecular weight excluding hydrogens is 1580 g/mol. The second-order valence-corrected chi connectivity index (χ2v) is 25.8. The summed E-state index contributed by atoms with van der Waals surface area (Å²) in [7, 11) is 0. The minimum absolute atomic E-state index is 0. The normalized spacial score (nSPS) is 10.1. The summed E-state index contributed by atoms with van der Waals surface area (Å²) in [4.78, 5) is 85.4. The van der Waals surface area contributed by atoms with Gasteiger partial charge >= 0.3 is 5.97 Å². The number of aliphatic carboxylic acids is 1. The monoisotopic (exact) mass is 1680 g/mol. The molecular formula is C95H102BrCl5N4O8. The average Bonchev–Trinajstić information content (AvgIpc) is 1.60. The summed E-state index contributed by atoms with van der Waals surface area (Å²) in [5, 5.41) is 14.2. The molecule has 0 radical (unpaired) electrons. The first-order valence-corrected chi connectivity index (χ1v) is 36.2. The van der Waals surface area contributed by atoms with Crippen LogP contribution in [0.5, 0.6) is 0 Å². The third kappa shape index (κ3) is 36.8. The van der Waals surface area contributed by atoms with Gasteiger partial charge in [0.05, 0.1) is 43.4 Å². The third-order valence-corrected chi connectivity index (χ3v) is 17.0. The van der Waals surface area contributed by atoms with Gasteiger partial charge in [0.25, 0.3) is 5.91 Å². The molecule has 0 atom stereocenters. The lowest BCUT2D eigenvalue weighted by molar-refractivity contribution is -0.136. The Kier molecular flexibility index (Phi) is 50.8. The number of nitrogens with one attached hydrogen (secondary N) is 1. The molecule has 13 rings (SSSR count). The van der Waals surface area contributed by atoms with Crippen molar-refractivity contribution in [3.63, 3.8) is 0 Å². The van der Waals surface area contributed by atoms with Crippen LogP contribution in [0.2, 0.25) is 20.1 Å². The van der Waals surface area contributed by atoms with E-state index >= 15 is 0 Å². The molecule has 0 bridgehead atoms. The minimum atomic E-state index is -0.786. The van der Waals surface area contributed by atoms with E-state index in [0.29, 0.717) is 50.2 Å². The molecule has 18 heteroatoms. The van der Waals surface area contributed by atoms with Crippen LogP contribution in [-0.4, -0.2) is 70.4 Å². The molecule has 0 saturated heterocycles. The topological polar surface area (TPSA) is 184 Å². The first-order chi connectivity index (χ1) is 51.3. The van der Waals surface area contributed by atoms with Crippen LogP contribution in [-0.2, 0) is 38.4 Å². The van der Waals surface area contributed by atoms with Crippen LogP contribution in [0.4, 0.5) is 22.7 Å². The van der Waals surface area contributed by atoms with E-state index < -0.39 is 5.97 Å². The molecule has 0 unspecified atom stereocenters. The summed E-state index contributed by atoms with van der Waals surface area (Å²) < 4.78 is 0. The molecule has 12 aromatic carbocycles. The molecule has 2 amide bonds. The molecule has 4 N–H and O–H groups in total. The number of carbonyl (C=O) groups excluding carboxylic acids is 6. The third-order valence-electron chi connectivity index (χ3n) is 15.3. The summed E-state index contributed by atoms with van der Waals surface area (Å²) in [6.45, 7) is 0.817. The average molecular weight is 1690 g/mol. The van der Waals surface area contributed by atoms with Crippen LogP contribution >= 0.6 is 73.9 Å². The second-order valence-electron chi connectivity index (χ2n) is 23.1. The first-order valence-electron chi connectivity index (χ1n) is 33.1. The number of nitrogens with zero attached hydrogens (tertiary/aromatic N) is 2. The van der Waals surface area contributed by atoms with Gasteiger partial charge in [0.2, 0.25) is 11.1 Å². The Bertz CT molecular complexity index is 4650. The number of alkyl halides is 1. The highest BCUT2D eigenvalue weighted by molar-refractivity contribution is 9.09. The lowest BCUT2D eigenvalue weighted by Crippen LogP contribution is -2.36. The lowest BCUT2D eigenvalue weighted by atomic mass is 9.97. The van der Waals surface area contributed by atoms with E-state index in [1.165, 1.54) is 4.90 Å². The number of carboxylic acids is 1. The van der Waals surface area contributed by atoms with Crippen molar-refractivity contribution in [3.05, 3.63) is 404 Å². The van der Waals surface area contributed by atoms with Gasteiger partial charge in [-0.3, -0.25) is 33.6 Å². The summed E-state index contributed by atoms with van der Waals surface area (Å²) in [5.41, 5.74) is 17.1. The Hall–Kier alpha value is -11.0. The van der Waals surface area contributed by atoms with Crippen LogP contribution in [0.3, 0.4) is 0 Å². The van der Waals surface area contributed by atoms with E-state index in [1.807, 2.05) is 243 Å². The van der Waals surface area contributed by atoms with Gasteiger partial charge < -0.3 is 26.0 Å². The van der Waals surface area contributed by atoms with E-state index in [-0.39, 0.29) is 112 Å². The molecule has 1 aliphatic heterocycles. The van der Waals surface area contributed by atoms with Crippen LogP contribution in [0.1, 0.15) is 111 Å². The highest BCUT2D eigenvalue weighted by Gasteiger charge is 2.33. The van der Waals surface area contributed by atoms with Crippen molar-refractivity contribution >= 4 is 148 Å². The number of hydrogen-bond donors (Lipinski definition) is 3. The molecule has 0 aromatic heterocycles. The van der Waals surface area contributed by atoms with Crippen LogP contribution in [0.15, 0.2) is 340 Å². The molecule has 0 aliphatic carbocycles. The van der Waals surface area contributed by atoms with Crippen molar-refractivity contribution in [2.75, 3.05) is 45.8 Å². The number of nitrogen functional groups attached to an aromatic ring is 1. The largest absolute Gasteiger partial charge is 0.481 e. The minimum Gasteiger partial charge on any atom is -0.481 e. The van der Waals surface area contributed by atoms with Crippen LogP contribution < -0.4 is 20.9 Å². The lowest BCUT2D eigenvalue weighted by Gasteiger charge is -2.22. The number of amides is 2. The number of benzene rings is 12. The summed E-state index contributed by atoms with van der Waals surface area (Å²) >= 11 is 31.6. The Balaban J connectivity index is 0.00000134. The maximum absolute atomic E-state index is 13.2. The summed E-state index contributed by atoms with van der Waals surface area (Å²) in [5.74, 6) is -0.815.